The van der Waals surface area contributed by atoms with Crippen molar-refractivity contribution in [2.45, 2.75) is 6.61 Å². The SMILES string of the molecule is O=C(NC(=O)c1ccccc1O)c1ccc(OCc2ccccc2)cc1. The van der Waals surface area contributed by atoms with Gasteiger partial charge in [-0.1, -0.05) is 42.5 Å². The van der Waals surface area contributed by atoms with E-state index >= 15 is 0 Å². The van der Waals surface area contributed by atoms with E-state index in [4.69, 9.17) is 4.74 Å². The predicted octanol–water partition coefficient (Wildman–Crippen LogP) is 3.54. The third-order valence-corrected chi connectivity index (χ3v) is 3.74. The summed E-state index contributed by atoms with van der Waals surface area (Å²) < 4.78 is 5.66. The van der Waals surface area contributed by atoms with Crippen LogP contribution < -0.4 is 10.1 Å². The van der Waals surface area contributed by atoms with E-state index in [9.17, 15) is 14.7 Å². The van der Waals surface area contributed by atoms with E-state index in [1.165, 1.54) is 12.1 Å². The number of carbonyl (C=O) groups is 2. The Morgan fingerprint density at radius 3 is 2.15 bits per heavy atom. The van der Waals surface area contributed by atoms with Crippen LogP contribution in [0.25, 0.3) is 0 Å². The number of benzene rings is 3. The first-order valence-electron chi connectivity index (χ1n) is 8.04. The van der Waals surface area contributed by atoms with Crippen LogP contribution in [0.4, 0.5) is 0 Å². The molecule has 2 amide bonds. The van der Waals surface area contributed by atoms with Crippen LogP contribution in [0.1, 0.15) is 26.3 Å². The first kappa shape index (κ1) is 17.2. The van der Waals surface area contributed by atoms with E-state index in [1.54, 1.807) is 36.4 Å². The fraction of sp³-hybridized carbons (Fsp3) is 0.0476. The van der Waals surface area contributed by atoms with Gasteiger partial charge >= 0.3 is 0 Å². The summed E-state index contributed by atoms with van der Waals surface area (Å²) in [6, 6.07) is 22.3. The van der Waals surface area contributed by atoms with Crippen molar-refractivity contribution in [3.8, 4) is 11.5 Å². The lowest BCUT2D eigenvalue weighted by Crippen LogP contribution is -2.30. The van der Waals surface area contributed by atoms with Crippen molar-refractivity contribution in [3.05, 3.63) is 95.6 Å². The van der Waals surface area contributed by atoms with Crippen LogP contribution in [0.15, 0.2) is 78.9 Å². The summed E-state index contributed by atoms with van der Waals surface area (Å²) in [6.45, 7) is 0.429. The number of para-hydroxylation sites is 1. The number of imide groups is 1. The first-order chi connectivity index (χ1) is 12.6. The Hall–Kier alpha value is -3.60. The van der Waals surface area contributed by atoms with Crippen molar-refractivity contribution in [3.63, 3.8) is 0 Å². The van der Waals surface area contributed by atoms with Crippen molar-refractivity contribution in [1.82, 2.24) is 5.32 Å². The Morgan fingerprint density at radius 2 is 1.46 bits per heavy atom. The molecular weight excluding hydrogens is 330 g/mol. The largest absolute Gasteiger partial charge is 0.507 e. The van der Waals surface area contributed by atoms with Gasteiger partial charge in [0.2, 0.25) is 0 Å². The van der Waals surface area contributed by atoms with Crippen molar-refractivity contribution in [2.24, 2.45) is 0 Å². The lowest BCUT2D eigenvalue weighted by atomic mass is 10.1. The van der Waals surface area contributed by atoms with Gasteiger partial charge in [-0.25, -0.2) is 0 Å². The monoisotopic (exact) mass is 347 g/mol. The zero-order chi connectivity index (χ0) is 18.4. The highest BCUT2D eigenvalue weighted by Gasteiger charge is 2.15. The van der Waals surface area contributed by atoms with Gasteiger partial charge in [0.1, 0.15) is 18.1 Å². The van der Waals surface area contributed by atoms with Crippen LogP contribution in [0.3, 0.4) is 0 Å². The number of ether oxygens (including phenoxy) is 1. The number of aromatic hydroxyl groups is 1. The minimum atomic E-state index is -0.655. The summed E-state index contributed by atoms with van der Waals surface area (Å²) in [6.07, 6.45) is 0. The molecule has 0 aliphatic heterocycles. The normalized spacial score (nSPS) is 10.2. The molecule has 0 unspecified atom stereocenters. The Kier molecular flexibility index (Phi) is 5.29. The van der Waals surface area contributed by atoms with E-state index in [0.29, 0.717) is 17.9 Å². The third kappa shape index (κ3) is 4.27. The average molecular weight is 347 g/mol. The average Bonchev–Trinajstić information content (AvgIpc) is 2.68. The maximum absolute atomic E-state index is 12.2. The van der Waals surface area contributed by atoms with E-state index in [1.807, 2.05) is 30.3 Å². The van der Waals surface area contributed by atoms with E-state index < -0.39 is 11.8 Å². The molecule has 0 radical (unpaired) electrons. The van der Waals surface area contributed by atoms with Gasteiger partial charge in [-0.3, -0.25) is 14.9 Å². The fourth-order valence-electron chi connectivity index (χ4n) is 2.35. The molecule has 0 spiro atoms. The van der Waals surface area contributed by atoms with Gasteiger partial charge in [0.15, 0.2) is 0 Å². The molecule has 130 valence electrons. The molecule has 26 heavy (non-hydrogen) atoms. The first-order valence-corrected chi connectivity index (χ1v) is 8.04. The van der Waals surface area contributed by atoms with Gasteiger partial charge in [0, 0.05) is 5.56 Å². The lowest BCUT2D eigenvalue weighted by Gasteiger charge is -2.08. The molecule has 5 nitrogen and oxygen atoms in total. The Morgan fingerprint density at radius 1 is 0.808 bits per heavy atom. The zero-order valence-electron chi connectivity index (χ0n) is 13.9. The fourth-order valence-corrected chi connectivity index (χ4v) is 2.35. The number of rotatable bonds is 5. The van der Waals surface area contributed by atoms with Gasteiger partial charge in [0.05, 0.1) is 5.56 Å². The Bertz CT molecular complexity index is 905. The number of hydrogen-bond acceptors (Lipinski definition) is 4. The van der Waals surface area contributed by atoms with Gasteiger partial charge in [-0.15, -0.1) is 0 Å². The quantitative estimate of drug-likeness (QED) is 0.692. The van der Waals surface area contributed by atoms with Crippen LogP contribution in [-0.2, 0) is 6.61 Å². The second-order valence-electron chi connectivity index (χ2n) is 5.60. The molecular formula is C21H17NO4. The molecule has 0 aromatic heterocycles. The number of nitrogens with one attached hydrogen (secondary N) is 1. The topological polar surface area (TPSA) is 75.6 Å². The van der Waals surface area contributed by atoms with Crippen molar-refractivity contribution < 1.29 is 19.4 Å². The number of amides is 2. The number of carbonyl (C=O) groups excluding carboxylic acids is 2. The second-order valence-corrected chi connectivity index (χ2v) is 5.60. The van der Waals surface area contributed by atoms with Crippen molar-refractivity contribution in [1.29, 1.82) is 0 Å². The molecule has 3 aromatic carbocycles. The van der Waals surface area contributed by atoms with Gasteiger partial charge in [0.25, 0.3) is 11.8 Å². The van der Waals surface area contributed by atoms with E-state index in [2.05, 4.69) is 5.32 Å². The molecule has 5 heteroatoms. The van der Waals surface area contributed by atoms with E-state index in [0.717, 1.165) is 5.56 Å². The smallest absolute Gasteiger partial charge is 0.261 e. The second kappa shape index (κ2) is 7.98. The molecule has 3 rings (SSSR count). The van der Waals surface area contributed by atoms with Gasteiger partial charge in [-0.05, 0) is 42.0 Å². The van der Waals surface area contributed by atoms with Gasteiger partial charge < -0.3 is 9.84 Å². The summed E-state index contributed by atoms with van der Waals surface area (Å²) in [5, 5.41) is 11.9. The standard InChI is InChI=1S/C21H17NO4/c23-19-9-5-4-8-18(19)21(25)22-20(24)16-10-12-17(13-11-16)26-14-15-6-2-1-3-7-15/h1-13,23H,14H2,(H,22,24,25). The molecule has 0 saturated carbocycles. The van der Waals surface area contributed by atoms with Crippen molar-refractivity contribution in [2.75, 3.05) is 0 Å². The molecule has 0 fully saturated rings. The third-order valence-electron chi connectivity index (χ3n) is 3.74. The highest BCUT2D eigenvalue weighted by molar-refractivity contribution is 6.11. The summed E-state index contributed by atoms with van der Waals surface area (Å²) >= 11 is 0. The molecule has 2 N–H and O–H groups in total. The number of hydrogen-bond donors (Lipinski definition) is 2. The van der Waals surface area contributed by atoms with Crippen LogP contribution in [0.2, 0.25) is 0 Å². The zero-order valence-corrected chi connectivity index (χ0v) is 13.9. The van der Waals surface area contributed by atoms with Crippen molar-refractivity contribution >= 4 is 11.8 Å². The predicted molar refractivity (Wildman–Crippen MR) is 97.1 cm³/mol. The molecule has 3 aromatic rings. The summed E-state index contributed by atoms with van der Waals surface area (Å²) in [5.41, 5.74) is 1.41. The molecule has 0 atom stereocenters. The summed E-state index contributed by atoms with van der Waals surface area (Å²) in [5.74, 6) is -0.759. The maximum atomic E-state index is 12.2. The Labute approximate surface area is 150 Å². The molecule has 0 saturated heterocycles. The highest BCUT2D eigenvalue weighted by atomic mass is 16.5. The summed E-state index contributed by atoms with van der Waals surface area (Å²) in [7, 11) is 0. The molecule has 0 heterocycles. The van der Waals surface area contributed by atoms with Gasteiger partial charge in [-0.2, -0.15) is 0 Å². The lowest BCUT2D eigenvalue weighted by molar-refractivity contribution is 0.0848. The highest BCUT2D eigenvalue weighted by Crippen LogP contribution is 2.17. The number of phenols is 1. The summed E-state index contributed by atoms with van der Waals surface area (Å²) in [4.78, 5) is 24.2. The minimum absolute atomic E-state index is 0.0451. The van der Waals surface area contributed by atoms with Crippen LogP contribution >= 0.6 is 0 Å². The minimum Gasteiger partial charge on any atom is -0.507 e. The van der Waals surface area contributed by atoms with E-state index in [-0.39, 0.29) is 11.3 Å². The van der Waals surface area contributed by atoms with Crippen LogP contribution in [0.5, 0.6) is 11.5 Å². The molecule has 0 aliphatic carbocycles. The van der Waals surface area contributed by atoms with Crippen LogP contribution in [0, 0.1) is 0 Å². The maximum Gasteiger partial charge on any atom is 0.261 e. The molecule has 0 aliphatic rings. The number of phenolic OH excluding ortho intramolecular Hbond substituents is 1. The van der Waals surface area contributed by atoms with Crippen LogP contribution in [-0.4, -0.2) is 16.9 Å². The molecule has 0 bridgehead atoms. The Balaban J connectivity index is 1.60.